The zero-order valence-corrected chi connectivity index (χ0v) is 11.6. The minimum absolute atomic E-state index is 0.00541. The molecule has 0 radical (unpaired) electrons. The van der Waals surface area contributed by atoms with Crippen LogP contribution in [0.2, 0.25) is 0 Å². The van der Waals surface area contributed by atoms with Gasteiger partial charge >= 0.3 is 0 Å². The summed E-state index contributed by atoms with van der Waals surface area (Å²) in [7, 11) is 0. The summed E-state index contributed by atoms with van der Waals surface area (Å²) < 4.78 is 0. The number of benzene rings is 1. The van der Waals surface area contributed by atoms with E-state index in [-0.39, 0.29) is 6.61 Å². The zero-order valence-electron chi connectivity index (χ0n) is 11.6. The lowest BCUT2D eigenvalue weighted by molar-refractivity contribution is 0.350. The molecule has 1 nitrogen and oxygen atoms in total. The maximum Gasteiger partial charge on any atom is 0.0681 e. The first-order chi connectivity index (χ1) is 9.21. The molecule has 1 aromatic carbocycles. The van der Waals surface area contributed by atoms with Crippen molar-refractivity contribution in [3.05, 3.63) is 78.4 Å². The summed E-state index contributed by atoms with van der Waals surface area (Å²) >= 11 is 0. The van der Waals surface area contributed by atoms with Gasteiger partial charge in [-0.15, -0.1) is 0 Å². The van der Waals surface area contributed by atoms with Crippen molar-refractivity contribution in [1.82, 2.24) is 0 Å². The van der Waals surface area contributed by atoms with Crippen LogP contribution in [-0.2, 0) is 6.42 Å². The van der Waals surface area contributed by atoms with Crippen LogP contribution in [0.25, 0.3) is 5.57 Å². The monoisotopic (exact) mass is 254 g/mol. The molecule has 1 heteroatoms. The minimum atomic E-state index is 0.00541. The highest BCUT2D eigenvalue weighted by atomic mass is 16.3. The van der Waals surface area contributed by atoms with Gasteiger partial charge in [-0.3, -0.25) is 0 Å². The number of rotatable bonds is 7. The van der Waals surface area contributed by atoms with E-state index in [9.17, 15) is 0 Å². The second kappa shape index (κ2) is 8.28. The molecule has 0 unspecified atom stereocenters. The van der Waals surface area contributed by atoms with Crippen molar-refractivity contribution in [2.24, 2.45) is 0 Å². The van der Waals surface area contributed by atoms with Crippen LogP contribution >= 0.6 is 0 Å². The van der Waals surface area contributed by atoms with Gasteiger partial charge in [0.2, 0.25) is 0 Å². The Balaban J connectivity index is 2.64. The molecule has 0 amide bonds. The molecule has 0 spiro atoms. The molecule has 0 aromatic heterocycles. The third-order valence-corrected chi connectivity index (χ3v) is 2.98. The molecule has 0 aliphatic heterocycles. The second-order valence-electron chi connectivity index (χ2n) is 4.40. The zero-order chi connectivity index (χ0) is 14.1. The van der Waals surface area contributed by atoms with E-state index in [4.69, 9.17) is 5.11 Å². The average molecular weight is 254 g/mol. The van der Waals surface area contributed by atoms with Crippen LogP contribution in [0, 0.1) is 0 Å². The first-order valence-electron chi connectivity index (χ1n) is 6.57. The molecule has 100 valence electrons. The minimum Gasteiger partial charge on any atom is -0.392 e. The second-order valence-corrected chi connectivity index (χ2v) is 4.40. The van der Waals surface area contributed by atoms with Crippen molar-refractivity contribution < 1.29 is 5.11 Å². The van der Waals surface area contributed by atoms with Crippen molar-refractivity contribution >= 4 is 5.57 Å². The number of hydrogen-bond acceptors (Lipinski definition) is 1. The predicted octanol–water partition coefficient (Wildman–Crippen LogP) is 4.31. The molecule has 1 aromatic rings. The van der Waals surface area contributed by atoms with Crippen molar-refractivity contribution in [3.8, 4) is 0 Å². The van der Waals surface area contributed by atoms with Gasteiger partial charge in [-0.25, -0.2) is 0 Å². The van der Waals surface area contributed by atoms with Crippen molar-refractivity contribution in [1.29, 1.82) is 0 Å². The third-order valence-electron chi connectivity index (χ3n) is 2.98. The maximum atomic E-state index is 9.01. The van der Waals surface area contributed by atoms with E-state index < -0.39 is 0 Å². The van der Waals surface area contributed by atoms with Crippen molar-refractivity contribution in [2.75, 3.05) is 6.61 Å². The molecule has 0 saturated heterocycles. The van der Waals surface area contributed by atoms with Crippen molar-refractivity contribution in [2.45, 2.75) is 19.8 Å². The highest BCUT2D eigenvalue weighted by Crippen LogP contribution is 2.13. The van der Waals surface area contributed by atoms with Gasteiger partial charge in [0.15, 0.2) is 0 Å². The molecule has 1 N–H and O–H groups in total. The molecule has 0 saturated carbocycles. The topological polar surface area (TPSA) is 20.2 Å². The van der Waals surface area contributed by atoms with E-state index in [0.29, 0.717) is 0 Å². The maximum absolute atomic E-state index is 9.01. The Kier molecular flexibility index (Phi) is 6.62. The van der Waals surface area contributed by atoms with Gasteiger partial charge < -0.3 is 5.11 Å². The predicted molar refractivity (Wildman–Crippen MR) is 84.0 cm³/mol. The van der Waals surface area contributed by atoms with Gasteiger partial charge in [-0.05, 0) is 35.1 Å². The van der Waals surface area contributed by atoms with Crippen LogP contribution in [0.4, 0.5) is 0 Å². The van der Waals surface area contributed by atoms with Gasteiger partial charge in [0.1, 0.15) is 0 Å². The Labute approximate surface area is 116 Å². The molecule has 0 fully saturated rings. The Bertz CT molecular complexity index is 475. The van der Waals surface area contributed by atoms with Gasteiger partial charge in [0.05, 0.1) is 6.61 Å². The van der Waals surface area contributed by atoms with E-state index >= 15 is 0 Å². The van der Waals surface area contributed by atoms with Crippen LogP contribution in [0.15, 0.2) is 67.3 Å². The van der Waals surface area contributed by atoms with Gasteiger partial charge in [0, 0.05) is 0 Å². The Morgan fingerprint density at radius 2 is 1.95 bits per heavy atom. The highest BCUT2D eigenvalue weighted by Gasteiger charge is 1.97. The van der Waals surface area contributed by atoms with Crippen LogP contribution in [0.1, 0.15) is 24.5 Å². The normalized spacial score (nSPS) is 11.8. The Hall–Kier alpha value is -1.86. The largest absolute Gasteiger partial charge is 0.392 e. The SMILES string of the molecule is C=C/C=C(\C=C/Cc1ccc(C(=C)CO)cc1)CC. The molecule has 0 atom stereocenters. The lowest BCUT2D eigenvalue weighted by Gasteiger charge is -2.03. The molecule has 0 aliphatic rings. The van der Waals surface area contributed by atoms with E-state index in [0.717, 1.165) is 24.0 Å². The molecule has 0 aliphatic carbocycles. The third kappa shape index (κ3) is 5.11. The lowest BCUT2D eigenvalue weighted by Crippen LogP contribution is -1.89. The molecule has 0 bridgehead atoms. The molecular formula is C18H22O. The average Bonchev–Trinajstić information content (AvgIpc) is 2.46. The summed E-state index contributed by atoms with van der Waals surface area (Å²) in [5.41, 5.74) is 4.28. The van der Waals surface area contributed by atoms with Crippen LogP contribution < -0.4 is 0 Å². The van der Waals surface area contributed by atoms with Gasteiger partial charge in [-0.1, -0.05) is 68.7 Å². The fraction of sp³-hybridized carbons (Fsp3) is 0.222. The van der Waals surface area contributed by atoms with E-state index in [1.165, 1.54) is 11.1 Å². The quantitative estimate of drug-likeness (QED) is 0.719. The summed E-state index contributed by atoms with van der Waals surface area (Å²) in [6, 6.07) is 8.15. The molecular weight excluding hydrogens is 232 g/mol. The summed E-state index contributed by atoms with van der Waals surface area (Å²) in [4.78, 5) is 0. The fourth-order valence-electron chi connectivity index (χ4n) is 1.76. The first kappa shape index (κ1) is 15.2. The lowest BCUT2D eigenvalue weighted by atomic mass is 10.0. The van der Waals surface area contributed by atoms with Gasteiger partial charge in [0.25, 0.3) is 0 Å². The summed E-state index contributed by atoms with van der Waals surface area (Å²) in [6.07, 6.45) is 10.1. The number of allylic oxidation sites excluding steroid dienone is 5. The molecule has 0 heterocycles. The fourth-order valence-corrected chi connectivity index (χ4v) is 1.76. The van der Waals surface area contributed by atoms with Crippen LogP contribution in [0.3, 0.4) is 0 Å². The van der Waals surface area contributed by atoms with Crippen LogP contribution in [0.5, 0.6) is 0 Å². The van der Waals surface area contributed by atoms with E-state index in [1.807, 2.05) is 24.3 Å². The summed E-state index contributed by atoms with van der Waals surface area (Å²) in [6.45, 7) is 9.66. The van der Waals surface area contributed by atoms with E-state index in [1.54, 1.807) is 0 Å². The molecule has 19 heavy (non-hydrogen) atoms. The number of aliphatic hydroxyl groups is 1. The first-order valence-corrected chi connectivity index (χ1v) is 6.57. The van der Waals surface area contributed by atoms with Crippen molar-refractivity contribution in [3.63, 3.8) is 0 Å². The molecule has 1 rings (SSSR count). The van der Waals surface area contributed by atoms with Crippen LogP contribution in [-0.4, -0.2) is 11.7 Å². The number of hydrogen-bond donors (Lipinski definition) is 1. The van der Waals surface area contributed by atoms with E-state index in [2.05, 4.69) is 44.4 Å². The number of aliphatic hydroxyl groups excluding tert-OH is 1. The Morgan fingerprint density at radius 3 is 2.47 bits per heavy atom. The Morgan fingerprint density at radius 1 is 1.26 bits per heavy atom. The smallest absolute Gasteiger partial charge is 0.0681 e. The summed E-state index contributed by atoms with van der Waals surface area (Å²) in [5, 5.41) is 9.01. The highest BCUT2D eigenvalue weighted by molar-refractivity contribution is 5.64. The standard InChI is InChI=1S/C18H22O/c1-4-7-16(5-2)8-6-9-17-10-12-18(13-11-17)15(3)14-19/h4,6-8,10-13,19H,1,3,5,9,14H2,2H3/b8-6-,16-7-. The van der Waals surface area contributed by atoms with Gasteiger partial charge in [-0.2, -0.15) is 0 Å². The summed E-state index contributed by atoms with van der Waals surface area (Å²) in [5.74, 6) is 0.